The minimum absolute atomic E-state index is 0.0430. The Morgan fingerprint density at radius 2 is 1.58 bits per heavy atom. The quantitative estimate of drug-likeness (QED) is 0.189. The van der Waals surface area contributed by atoms with E-state index in [1.807, 2.05) is 42.5 Å². The lowest BCUT2D eigenvalue weighted by molar-refractivity contribution is -0.166. The van der Waals surface area contributed by atoms with Crippen molar-refractivity contribution in [3.63, 3.8) is 0 Å². The van der Waals surface area contributed by atoms with Crippen molar-refractivity contribution in [3.05, 3.63) is 123 Å². The minimum Gasteiger partial charge on any atom is -0.489 e. The number of hydrogen-bond acceptors (Lipinski definition) is 6. The Kier molecular flexibility index (Phi) is 10.2. The molecule has 1 amide bonds. The zero-order chi connectivity index (χ0) is 36.8. The van der Waals surface area contributed by atoms with Gasteiger partial charge in [0, 0.05) is 25.2 Å². The van der Waals surface area contributed by atoms with Gasteiger partial charge in [0.25, 0.3) is 5.91 Å². The maximum absolute atomic E-state index is 14.3. The third kappa shape index (κ3) is 7.28. The molecule has 0 radical (unpaired) electrons. The van der Waals surface area contributed by atoms with E-state index in [-0.39, 0.29) is 24.0 Å². The molecule has 1 unspecified atom stereocenters. The number of hydrogen-bond donors (Lipinski definition) is 0. The van der Waals surface area contributed by atoms with Gasteiger partial charge >= 0.3 is 5.97 Å². The summed E-state index contributed by atoms with van der Waals surface area (Å²) in [6.45, 7) is 5.54. The molecule has 0 N–H and O–H groups in total. The smallest absolute Gasteiger partial charge is 0.324 e. The summed E-state index contributed by atoms with van der Waals surface area (Å²) in [5.41, 5.74) is 5.73. The lowest BCUT2D eigenvalue weighted by Gasteiger charge is -2.45. The van der Waals surface area contributed by atoms with Crippen molar-refractivity contribution < 1.29 is 23.8 Å². The zero-order valence-corrected chi connectivity index (χ0v) is 32.0. The number of fused-ring (bicyclic) bond motifs is 4. The predicted molar refractivity (Wildman–Crippen MR) is 207 cm³/mol. The third-order valence-corrected chi connectivity index (χ3v) is 12.8. The highest BCUT2D eigenvalue weighted by Gasteiger charge is 2.44. The van der Waals surface area contributed by atoms with E-state index < -0.39 is 12.1 Å². The van der Waals surface area contributed by atoms with Crippen molar-refractivity contribution in [2.75, 3.05) is 11.9 Å². The Morgan fingerprint density at radius 3 is 2.36 bits per heavy atom. The monoisotopic (exact) mass is 752 g/mol. The number of esters is 1. The maximum Gasteiger partial charge on any atom is 0.324 e. The molecular weight excluding hydrogens is 707 g/mol. The van der Waals surface area contributed by atoms with Crippen LogP contribution in [0.3, 0.4) is 0 Å². The number of benzene rings is 4. The molecule has 53 heavy (non-hydrogen) atoms. The largest absolute Gasteiger partial charge is 0.489 e. The molecule has 8 rings (SSSR count). The highest BCUT2D eigenvalue weighted by Crippen LogP contribution is 2.46. The van der Waals surface area contributed by atoms with Crippen molar-refractivity contribution in [2.45, 2.75) is 89.8 Å². The van der Waals surface area contributed by atoms with Gasteiger partial charge in [-0.2, -0.15) is 0 Å². The first-order valence-corrected chi connectivity index (χ1v) is 19.7. The van der Waals surface area contributed by atoms with E-state index >= 15 is 0 Å². The molecular formula is C44H46Cl2N2O5. The number of halogens is 2. The molecule has 2 fully saturated rings. The fourth-order valence-electron chi connectivity index (χ4n) is 8.94. The SMILES string of the molecule is CC1CC[C@H](c2ccccc2)N2Cc3cc4c(cc3C[C@H]2C(=O)O[C@@H]2C[C@H](C)CC[C@@H]12)N(C)C(=O)[C@@H](c1ccc(OCc2ccc(Cl)c(Cl)c2)cc1)O4. The van der Waals surface area contributed by atoms with Gasteiger partial charge in [0.2, 0.25) is 6.10 Å². The first-order chi connectivity index (χ1) is 25.6. The van der Waals surface area contributed by atoms with Crippen molar-refractivity contribution >= 4 is 40.8 Å². The Hall–Kier alpha value is -4.04. The molecule has 3 heterocycles. The number of nitrogens with zero attached hydrogens (tertiary/aromatic N) is 2. The van der Waals surface area contributed by atoms with Crippen LogP contribution < -0.4 is 14.4 Å². The maximum atomic E-state index is 14.3. The molecule has 1 saturated heterocycles. The Labute approximate surface area is 322 Å². The van der Waals surface area contributed by atoms with E-state index in [9.17, 15) is 9.59 Å². The van der Waals surface area contributed by atoms with Gasteiger partial charge in [-0.05, 0) is 109 Å². The van der Waals surface area contributed by atoms with Gasteiger partial charge in [-0.1, -0.05) is 92.0 Å². The molecule has 1 aliphatic carbocycles. The molecule has 4 aromatic rings. The Bertz CT molecular complexity index is 1990. The van der Waals surface area contributed by atoms with Gasteiger partial charge in [-0.3, -0.25) is 14.5 Å². The van der Waals surface area contributed by atoms with Gasteiger partial charge in [-0.25, -0.2) is 0 Å². The molecule has 4 aromatic carbocycles. The number of amides is 1. The van der Waals surface area contributed by atoms with Crippen LogP contribution in [-0.2, 0) is 33.9 Å². The highest BCUT2D eigenvalue weighted by molar-refractivity contribution is 6.42. The van der Waals surface area contributed by atoms with Crippen LogP contribution in [0.2, 0.25) is 10.0 Å². The summed E-state index contributed by atoms with van der Waals surface area (Å²) < 4.78 is 19.0. The van der Waals surface area contributed by atoms with Crippen LogP contribution >= 0.6 is 23.2 Å². The average Bonchev–Trinajstić information content (AvgIpc) is 3.16. The number of carbonyl (C=O) groups is 2. The first kappa shape index (κ1) is 36.0. The number of ether oxygens (including phenoxy) is 3. The molecule has 4 aliphatic rings. The van der Waals surface area contributed by atoms with Crippen LogP contribution in [0.15, 0.2) is 84.9 Å². The highest BCUT2D eigenvalue weighted by atomic mass is 35.5. The lowest BCUT2D eigenvalue weighted by atomic mass is 9.72. The molecule has 3 aliphatic heterocycles. The molecule has 1 saturated carbocycles. The zero-order valence-electron chi connectivity index (χ0n) is 30.5. The summed E-state index contributed by atoms with van der Waals surface area (Å²) in [5.74, 6) is 2.44. The van der Waals surface area contributed by atoms with Gasteiger partial charge in [0.15, 0.2) is 0 Å². The first-order valence-electron chi connectivity index (χ1n) is 18.9. The van der Waals surface area contributed by atoms with E-state index in [0.717, 1.165) is 47.9 Å². The van der Waals surface area contributed by atoms with Crippen LogP contribution in [0.1, 0.15) is 85.9 Å². The predicted octanol–water partition coefficient (Wildman–Crippen LogP) is 9.91. The fraction of sp³-hybridized carbons (Fsp3) is 0.409. The van der Waals surface area contributed by atoms with Crippen molar-refractivity contribution in [1.29, 1.82) is 0 Å². The second-order valence-electron chi connectivity index (χ2n) is 15.5. The number of rotatable bonds is 5. The van der Waals surface area contributed by atoms with Crippen LogP contribution in [-0.4, -0.2) is 36.0 Å². The van der Waals surface area contributed by atoms with Gasteiger partial charge in [0.1, 0.15) is 30.3 Å². The van der Waals surface area contributed by atoms with Gasteiger partial charge in [0.05, 0.1) is 15.7 Å². The summed E-state index contributed by atoms with van der Waals surface area (Å²) in [4.78, 5) is 32.2. The second-order valence-corrected chi connectivity index (χ2v) is 16.3. The van der Waals surface area contributed by atoms with E-state index in [2.05, 4.69) is 49.1 Å². The number of likely N-dealkylation sites (N-methyl/N-ethyl adjacent to an activating group) is 1. The van der Waals surface area contributed by atoms with Crippen LogP contribution in [0.25, 0.3) is 0 Å². The standard InChI is InChI=1S/C44H46Cl2N2O5/c1-26-9-16-34-27(2)10-18-37(29-7-5-4-6-8-29)48-24-32-23-41-38(21-31(32)22-39(48)44(50)53-40(34)19-26)47(3)43(49)42(52-41)30-12-14-33(15-13-30)51-25-28-11-17-35(45)36(46)20-28/h4-8,11-15,17,20-21,23,26-27,34,37,39-40,42H,9-10,16,18-19,22,24-25H2,1-3H3/t26-,27?,34+,37-,39+,40-,42-/m1/s1. The minimum atomic E-state index is -0.806. The summed E-state index contributed by atoms with van der Waals surface area (Å²) >= 11 is 12.2. The topological polar surface area (TPSA) is 68.3 Å². The van der Waals surface area contributed by atoms with E-state index in [1.54, 1.807) is 24.1 Å². The molecule has 0 bridgehead atoms. The molecule has 9 heteroatoms. The fourth-order valence-corrected chi connectivity index (χ4v) is 9.26. The van der Waals surface area contributed by atoms with Gasteiger partial charge in [-0.15, -0.1) is 0 Å². The summed E-state index contributed by atoms with van der Waals surface area (Å²) in [5, 5.41) is 0.980. The van der Waals surface area contributed by atoms with E-state index in [4.69, 9.17) is 37.4 Å². The van der Waals surface area contributed by atoms with Crippen molar-refractivity contribution in [3.8, 4) is 11.5 Å². The number of anilines is 1. The molecule has 276 valence electrons. The molecule has 0 spiro atoms. The summed E-state index contributed by atoms with van der Waals surface area (Å²) in [7, 11) is 1.79. The molecule has 0 aromatic heterocycles. The summed E-state index contributed by atoms with van der Waals surface area (Å²) in [6, 6.07) is 27.2. The molecule has 7 nitrogen and oxygen atoms in total. The second kappa shape index (κ2) is 15.0. The van der Waals surface area contributed by atoms with Crippen molar-refractivity contribution in [2.24, 2.45) is 17.8 Å². The third-order valence-electron chi connectivity index (χ3n) is 12.0. The lowest BCUT2D eigenvalue weighted by Crippen LogP contribution is -2.51. The van der Waals surface area contributed by atoms with Crippen LogP contribution in [0.5, 0.6) is 11.5 Å². The van der Waals surface area contributed by atoms with E-state index in [0.29, 0.717) is 64.6 Å². The number of carbonyl (C=O) groups excluding carboxylic acids is 2. The van der Waals surface area contributed by atoms with Gasteiger partial charge < -0.3 is 19.1 Å². The Balaban J connectivity index is 1.06. The summed E-state index contributed by atoms with van der Waals surface area (Å²) in [6.07, 6.45) is 4.94. The van der Waals surface area contributed by atoms with Crippen molar-refractivity contribution in [1.82, 2.24) is 4.90 Å². The van der Waals surface area contributed by atoms with Crippen LogP contribution in [0, 0.1) is 17.8 Å². The van der Waals surface area contributed by atoms with Crippen LogP contribution in [0.4, 0.5) is 5.69 Å². The molecule has 7 atom stereocenters. The average molecular weight is 754 g/mol. The van der Waals surface area contributed by atoms with E-state index in [1.165, 1.54) is 12.0 Å². The normalized spacial score (nSPS) is 27.3. The Morgan fingerprint density at radius 1 is 0.792 bits per heavy atom.